The van der Waals surface area contributed by atoms with E-state index in [1.807, 2.05) is 32.2 Å². The van der Waals surface area contributed by atoms with Gasteiger partial charge < -0.3 is 10.2 Å². The molecular formula is C20H25ClN6. The molecule has 2 unspecified atom stereocenters. The molecule has 1 saturated heterocycles. The lowest BCUT2D eigenvalue weighted by atomic mass is 9.92. The molecule has 2 atom stereocenters. The minimum Gasteiger partial charge on any atom is -0.340 e. The largest absolute Gasteiger partial charge is 0.340 e. The first-order valence-corrected chi connectivity index (χ1v) is 9.76. The lowest BCUT2D eigenvalue weighted by Crippen LogP contribution is -2.39. The third-order valence-electron chi connectivity index (χ3n) is 5.17. The lowest BCUT2D eigenvalue weighted by molar-refractivity contribution is 0.354. The van der Waals surface area contributed by atoms with E-state index >= 15 is 0 Å². The normalized spacial score (nSPS) is 20.3. The van der Waals surface area contributed by atoms with Crippen LogP contribution in [0.25, 0.3) is 11.0 Å². The number of hydrogen-bond acceptors (Lipinski definition) is 5. The number of fused-ring (bicyclic) bond motifs is 1. The molecule has 0 aliphatic carbocycles. The van der Waals surface area contributed by atoms with Gasteiger partial charge in [-0.2, -0.15) is 15.1 Å². The van der Waals surface area contributed by atoms with Crippen LogP contribution in [0, 0.1) is 18.8 Å². The molecule has 142 valence electrons. The van der Waals surface area contributed by atoms with E-state index < -0.39 is 0 Å². The minimum absolute atomic E-state index is 0.631. The predicted molar refractivity (Wildman–Crippen MR) is 111 cm³/mol. The van der Waals surface area contributed by atoms with Gasteiger partial charge in [-0.25, -0.2) is 0 Å². The molecule has 0 amide bonds. The van der Waals surface area contributed by atoms with Crippen LogP contribution in [0.4, 0.5) is 17.5 Å². The van der Waals surface area contributed by atoms with Crippen molar-refractivity contribution in [3.63, 3.8) is 0 Å². The van der Waals surface area contributed by atoms with Crippen LogP contribution >= 0.6 is 11.6 Å². The van der Waals surface area contributed by atoms with E-state index in [2.05, 4.69) is 29.2 Å². The van der Waals surface area contributed by atoms with Gasteiger partial charge in [0, 0.05) is 30.8 Å². The first-order valence-electron chi connectivity index (χ1n) is 9.38. The van der Waals surface area contributed by atoms with E-state index in [0.29, 0.717) is 11.8 Å². The first kappa shape index (κ1) is 18.0. The molecule has 7 heteroatoms. The van der Waals surface area contributed by atoms with Crippen molar-refractivity contribution in [2.45, 2.75) is 27.2 Å². The highest BCUT2D eigenvalue weighted by Crippen LogP contribution is 2.30. The average molecular weight is 385 g/mol. The number of hydrogen-bond donors (Lipinski definition) is 1. The zero-order valence-corrected chi connectivity index (χ0v) is 17.0. The fourth-order valence-electron chi connectivity index (χ4n) is 3.88. The number of rotatable bonds is 3. The van der Waals surface area contributed by atoms with Crippen molar-refractivity contribution in [1.29, 1.82) is 0 Å². The number of piperidine rings is 1. The predicted octanol–water partition coefficient (Wildman–Crippen LogP) is 4.55. The van der Waals surface area contributed by atoms with Crippen LogP contribution in [0.15, 0.2) is 24.4 Å². The van der Waals surface area contributed by atoms with Crippen molar-refractivity contribution < 1.29 is 0 Å². The summed E-state index contributed by atoms with van der Waals surface area (Å²) >= 11 is 6.29. The molecule has 4 rings (SSSR count). The van der Waals surface area contributed by atoms with Crippen molar-refractivity contribution >= 4 is 40.1 Å². The van der Waals surface area contributed by atoms with Crippen molar-refractivity contribution in [2.24, 2.45) is 18.9 Å². The van der Waals surface area contributed by atoms with Crippen LogP contribution < -0.4 is 10.2 Å². The third kappa shape index (κ3) is 3.58. The van der Waals surface area contributed by atoms with Gasteiger partial charge in [0.05, 0.1) is 11.6 Å². The summed E-state index contributed by atoms with van der Waals surface area (Å²) in [5.74, 6) is 2.78. The van der Waals surface area contributed by atoms with Gasteiger partial charge in [-0.05, 0) is 42.9 Å². The Kier molecular flexibility index (Phi) is 4.68. The van der Waals surface area contributed by atoms with Gasteiger partial charge in [0.15, 0.2) is 5.65 Å². The Hall–Kier alpha value is -2.34. The Morgan fingerprint density at radius 1 is 1.15 bits per heavy atom. The summed E-state index contributed by atoms with van der Waals surface area (Å²) in [5.41, 5.74) is 2.78. The molecule has 0 spiro atoms. The quantitative estimate of drug-likeness (QED) is 0.717. The lowest BCUT2D eigenvalue weighted by Gasteiger charge is -2.35. The van der Waals surface area contributed by atoms with Crippen molar-refractivity contribution in [2.75, 3.05) is 23.3 Å². The smallest absolute Gasteiger partial charge is 0.229 e. The molecule has 6 nitrogen and oxygen atoms in total. The molecule has 27 heavy (non-hydrogen) atoms. The summed E-state index contributed by atoms with van der Waals surface area (Å²) in [5, 5.41) is 9.42. The van der Waals surface area contributed by atoms with Gasteiger partial charge in [-0.1, -0.05) is 31.5 Å². The maximum absolute atomic E-state index is 6.29. The number of aryl methyl sites for hydroxylation is 2. The highest BCUT2D eigenvalue weighted by molar-refractivity contribution is 6.31. The van der Waals surface area contributed by atoms with Crippen LogP contribution in [0.3, 0.4) is 0 Å². The summed E-state index contributed by atoms with van der Waals surface area (Å²) < 4.78 is 1.80. The molecule has 1 fully saturated rings. The van der Waals surface area contributed by atoms with Crippen molar-refractivity contribution in [3.05, 3.63) is 35.0 Å². The molecule has 3 heterocycles. The van der Waals surface area contributed by atoms with Crippen LogP contribution in [0.5, 0.6) is 0 Å². The van der Waals surface area contributed by atoms with Gasteiger partial charge in [-0.3, -0.25) is 4.68 Å². The van der Waals surface area contributed by atoms with E-state index in [9.17, 15) is 0 Å². The molecule has 1 N–H and O–H groups in total. The molecule has 0 saturated carbocycles. The molecule has 1 aliphatic heterocycles. The first-order chi connectivity index (χ1) is 12.9. The van der Waals surface area contributed by atoms with Crippen LogP contribution in [0.1, 0.15) is 25.8 Å². The third-order valence-corrected chi connectivity index (χ3v) is 5.57. The van der Waals surface area contributed by atoms with Crippen LogP contribution in [-0.2, 0) is 7.05 Å². The number of nitrogens with one attached hydrogen (secondary N) is 1. The van der Waals surface area contributed by atoms with Crippen LogP contribution in [-0.4, -0.2) is 32.8 Å². The summed E-state index contributed by atoms with van der Waals surface area (Å²) in [6, 6.07) is 5.93. The zero-order valence-electron chi connectivity index (χ0n) is 16.2. The standard InChI is InChI=1S/C20H25ClN6/c1-12-7-13(2)11-27(10-12)20-24-18(16-9-22-26(4)19(16)25-20)23-15-6-5-14(3)17(21)8-15/h5-6,8-9,12-13H,7,10-11H2,1-4H3,(H,23,24,25). The SMILES string of the molecule is Cc1ccc(Nc2nc(N3CC(C)CC(C)C3)nc3c2cnn3C)cc1Cl. The molecule has 1 aliphatic rings. The number of anilines is 3. The van der Waals surface area contributed by atoms with Gasteiger partial charge >= 0.3 is 0 Å². The zero-order chi connectivity index (χ0) is 19.1. The second-order valence-electron chi connectivity index (χ2n) is 7.82. The fraction of sp³-hybridized carbons (Fsp3) is 0.450. The van der Waals surface area contributed by atoms with Gasteiger partial charge in [0.25, 0.3) is 0 Å². The molecule has 0 bridgehead atoms. The number of benzene rings is 1. The second kappa shape index (κ2) is 7.00. The Morgan fingerprint density at radius 3 is 2.59 bits per heavy atom. The summed E-state index contributed by atoms with van der Waals surface area (Å²) in [6.45, 7) is 8.53. The summed E-state index contributed by atoms with van der Waals surface area (Å²) in [4.78, 5) is 12.0. The Balaban J connectivity index is 1.76. The fourth-order valence-corrected chi connectivity index (χ4v) is 4.06. The molecule has 2 aromatic heterocycles. The highest BCUT2D eigenvalue weighted by Gasteiger charge is 2.25. The maximum Gasteiger partial charge on any atom is 0.229 e. The highest BCUT2D eigenvalue weighted by atomic mass is 35.5. The maximum atomic E-state index is 6.29. The van der Waals surface area contributed by atoms with Crippen molar-refractivity contribution in [1.82, 2.24) is 19.7 Å². The van der Waals surface area contributed by atoms with E-state index in [1.54, 1.807) is 10.9 Å². The van der Waals surface area contributed by atoms with E-state index in [4.69, 9.17) is 21.6 Å². The number of aromatic nitrogens is 4. The summed E-state index contributed by atoms with van der Waals surface area (Å²) in [7, 11) is 1.91. The van der Waals surface area contributed by atoms with E-state index in [-0.39, 0.29) is 0 Å². The van der Waals surface area contributed by atoms with E-state index in [1.165, 1.54) is 6.42 Å². The second-order valence-corrected chi connectivity index (χ2v) is 8.22. The molecular weight excluding hydrogens is 360 g/mol. The Labute approximate surface area is 164 Å². The Morgan fingerprint density at radius 2 is 1.89 bits per heavy atom. The Bertz CT molecular complexity index is 972. The molecule has 0 radical (unpaired) electrons. The summed E-state index contributed by atoms with van der Waals surface area (Å²) in [6.07, 6.45) is 3.05. The molecule has 1 aromatic carbocycles. The monoisotopic (exact) mass is 384 g/mol. The topological polar surface area (TPSA) is 58.9 Å². The number of nitrogens with zero attached hydrogens (tertiary/aromatic N) is 5. The number of halogens is 1. The van der Waals surface area contributed by atoms with Gasteiger partial charge in [0.2, 0.25) is 5.95 Å². The van der Waals surface area contributed by atoms with Gasteiger partial charge in [0.1, 0.15) is 5.82 Å². The van der Waals surface area contributed by atoms with E-state index in [0.717, 1.165) is 52.2 Å². The average Bonchev–Trinajstić information content (AvgIpc) is 2.99. The van der Waals surface area contributed by atoms with Gasteiger partial charge in [-0.15, -0.1) is 0 Å². The van der Waals surface area contributed by atoms with Crippen molar-refractivity contribution in [3.8, 4) is 0 Å². The minimum atomic E-state index is 0.631. The molecule has 3 aromatic rings. The van der Waals surface area contributed by atoms with Crippen LogP contribution in [0.2, 0.25) is 5.02 Å².